The number of ketones is 2. The van der Waals surface area contributed by atoms with Gasteiger partial charge >= 0.3 is 0 Å². The third kappa shape index (κ3) is 2.15. The van der Waals surface area contributed by atoms with Crippen LogP contribution in [0.15, 0.2) is 30.5 Å². The van der Waals surface area contributed by atoms with E-state index in [4.69, 9.17) is 0 Å². The molecular weight excluding hydrogens is 216 g/mol. The Morgan fingerprint density at radius 2 is 1.88 bits per heavy atom. The Morgan fingerprint density at radius 3 is 2.47 bits per heavy atom. The van der Waals surface area contributed by atoms with Gasteiger partial charge in [-0.05, 0) is 31.2 Å². The van der Waals surface area contributed by atoms with Gasteiger partial charge in [-0.2, -0.15) is 0 Å². The molecule has 0 unspecified atom stereocenters. The lowest BCUT2D eigenvalue weighted by Gasteiger charge is -2.01. The van der Waals surface area contributed by atoms with Gasteiger partial charge in [0.15, 0.2) is 5.78 Å². The Bertz CT molecular complexity index is 585. The summed E-state index contributed by atoms with van der Waals surface area (Å²) >= 11 is 0. The second kappa shape index (κ2) is 4.33. The molecule has 0 bridgehead atoms. The van der Waals surface area contributed by atoms with E-state index in [2.05, 4.69) is 9.97 Å². The summed E-state index contributed by atoms with van der Waals surface area (Å²) in [5, 5.41) is 0. The van der Waals surface area contributed by atoms with Crippen LogP contribution in [-0.2, 0) is 0 Å². The highest BCUT2D eigenvalue weighted by atomic mass is 16.1. The number of hydrogen-bond donors (Lipinski definition) is 1. The highest BCUT2D eigenvalue weighted by Crippen LogP contribution is 2.12. The lowest BCUT2D eigenvalue weighted by atomic mass is 10.1. The molecule has 0 saturated heterocycles. The molecule has 0 spiro atoms. The fourth-order valence-electron chi connectivity index (χ4n) is 1.60. The summed E-state index contributed by atoms with van der Waals surface area (Å²) in [6, 6.07) is 6.67. The van der Waals surface area contributed by atoms with Gasteiger partial charge in [0.05, 0.1) is 11.4 Å². The number of pyridine rings is 1. The van der Waals surface area contributed by atoms with Crippen LogP contribution in [0.4, 0.5) is 0 Å². The summed E-state index contributed by atoms with van der Waals surface area (Å²) in [6.07, 6.45) is 1.64. The van der Waals surface area contributed by atoms with Crippen molar-refractivity contribution in [1.82, 2.24) is 9.97 Å². The first-order valence-electron chi connectivity index (χ1n) is 5.26. The number of carbonyl (C=O) groups is 2. The molecule has 2 aromatic rings. The van der Waals surface area contributed by atoms with Gasteiger partial charge in [-0.15, -0.1) is 0 Å². The average Bonchev–Trinajstić information content (AvgIpc) is 2.78. The van der Waals surface area contributed by atoms with Crippen LogP contribution in [-0.4, -0.2) is 21.5 Å². The minimum atomic E-state index is -0.150. The van der Waals surface area contributed by atoms with Crippen LogP contribution in [0.5, 0.6) is 0 Å². The summed E-state index contributed by atoms with van der Waals surface area (Å²) < 4.78 is 0. The molecule has 0 aromatic carbocycles. The fraction of sp³-hybridized carbons (Fsp3) is 0.154. The first-order chi connectivity index (χ1) is 8.09. The van der Waals surface area contributed by atoms with E-state index in [9.17, 15) is 9.59 Å². The maximum absolute atomic E-state index is 12.1. The summed E-state index contributed by atoms with van der Waals surface area (Å²) in [6.45, 7) is 3.23. The number of aryl methyl sites for hydroxylation is 1. The van der Waals surface area contributed by atoms with Crippen LogP contribution >= 0.6 is 0 Å². The molecule has 0 aliphatic carbocycles. The Kier molecular flexibility index (Phi) is 2.87. The predicted octanol–water partition coefficient (Wildman–Crippen LogP) is 2.15. The monoisotopic (exact) mass is 228 g/mol. The van der Waals surface area contributed by atoms with Crippen molar-refractivity contribution in [3.63, 3.8) is 0 Å². The molecule has 0 fully saturated rings. The number of H-pyrrole nitrogens is 1. The fourth-order valence-corrected chi connectivity index (χ4v) is 1.60. The quantitative estimate of drug-likeness (QED) is 0.819. The van der Waals surface area contributed by atoms with Gasteiger partial charge in [0.1, 0.15) is 0 Å². The molecule has 2 heterocycles. The summed E-state index contributed by atoms with van der Waals surface area (Å²) in [7, 11) is 0. The average molecular weight is 228 g/mol. The molecular formula is C13H12N2O2. The van der Waals surface area contributed by atoms with Crippen molar-refractivity contribution in [2.75, 3.05) is 0 Å². The van der Waals surface area contributed by atoms with E-state index in [1.165, 1.54) is 6.92 Å². The molecule has 0 aliphatic heterocycles. The van der Waals surface area contributed by atoms with Crippen molar-refractivity contribution < 1.29 is 9.59 Å². The van der Waals surface area contributed by atoms with E-state index < -0.39 is 0 Å². The van der Waals surface area contributed by atoms with Crippen LogP contribution in [0.2, 0.25) is 0 Å². The topological polar surface area (TPSA) is 62.8 Å². The van der Waals surface area contributed by atoms with Crippen LogP contribution < -0.4 is 0 Å². The zero-order chi connectivity index (χ0) is 12.4. The van der Waals surface area contributed by atoms with Gasteiger partial charge in [0, 0.05) is 24.4 Å². The lowest BCUT2D eigenvalue weighted by Crippen LogP contribution is -2.05. The maximum Gasteiger partial charge on any atom is 0.210 e. The Morgan fingerprint density at radius 1 is 1.18 bits per heavy atom. The van der Waals surface area contributed by atoms with Crippen molar-refractivity contribution >= 4 is 11.6 Å². The van der Waals surface area contributed by atoms with Crippen molar-refractivity contribution in [1.29, 1.82) is 0 Å². The minimum Gasteiger partial charge on any atom is -0.349 e. The second-order valence-corrected chi connectivity index (χ2v) is 3.81. The van der Waals surface area contributed by atoms with Gasteiger partial charge in [0.2, 0.25) is 5.78 Å². The summed E-state index contributed by atoms with van der Waals surface area (Å²) in [4.78, 5) is 30.1. The number of hydrogen-bond acceptors (Lipinski definition) is 3. The zero-order valence-electron chi connectivity index (χ0n) is 9.65. The molecule has 2 rings (SSSR count). The third-order valence-corrected chi connectivity index (χ3v) is 2.56. The summed E-state index contributed by atoms with van der Waals surface area (Å²) in [5.41, 5.74) is 2.07. The molecule has 4 nitrogen and oxygen atoms in total. The van der Waals surface area contributed by atoms with Crippen molar-refractivity contribution in [2.24, 2.45) is 0 Å². The molecule has 4 heteroatoms. The molecule has 0 atom stereocenters. The van der Waals surface area contributed by atoms with Gasteiger partial charge in [-0.1, -0.05) is 0 Å². The standard InChI is InChI=1S/C13H12N2O2/c1-8-10(4-3-7-14-8)13(17)12-6-5-11(15-12)9(2)16/h3-7,15H,1-2H3. The third-order valence-electron chi connectivity index (χ3n) is 2.56. The number of carbonyl (C=O) groups excluding carboxylic acids is 2. The van der Waals surface area contributed by atoms with Crippen LogP contribution in [0.3, 0.4) is 0 Å². The van der Waals surface area contributed by atoms with Crippen molar-refractivity contribution in [2.45, 2.75) is 13.8 Å². The largest absolute Gasteiger partial charge is 0.349 e. The van der Waals surface area contributed by atoms with E-state index in [0.29, 0.717) is 22.6 Å². The molecule has 17 heavy (non-hydrogen) atoms. The van der Waals surface area contributed by atoms with Gasteiger partial charge in [0.25, 0.3) is 0 Å². The molecule has 0 radical (unpaired) electrons. The van der Waals surface area contributed by atoms with E-state index in [1.807, 2.05) is 0 Å². The lowest BCUT2D eigenvalue weighted by molar-refractivity contribution is 0.101. The smallest absolute Gasteiger partial charge is 0.210 e. The SMILES string of the molecule is CC(=O)c1ccc(C(=O)c2cccnc2C)[nH]1. The maximum atomic E-state index is 12.1. The van der Waals surface area contributed by atoms with Crippen LogP contribution in [0.1, 0.15) is 39.2 Å². The molecule has 0 aliphatic rings. The molecule has 0 amide bonds. The second-order valence-electron chi connectivity index (χ2n) is 3.81. The molecule has 86 valence electrons. The van der Waals surface area contributed by atoms with Gasteiger partial charge in [-0.3, -0.25) is 14.6 Å². The van der Waals surface area contributed by atoms with Crippen molar-refractivity contribution in [3.05, 3.63) is 53.1 Å². The first kappa shape index (κ1) is 11.3. The number of nitrogens with one attached hydrogen (secondary N) is 1. The van der Waals surface area contributed by atoms with E-state index >= 15 is 0 Å². The number of aromatic amines is 1. The Balaban J connectivity index is 2.37. The predicted molar refractivity (Wildman–Crippen MR) is 63.2 cm³/mol. The van der Waals surface area contributed by atoms with E-state index in [1.54, 1.807) is 37.4 Å². The highest BCUT2D eigenvalue weighted by molar-refractivity contribution is 6.09. The van der Waals surface area contributed by atoms with E-state index in [0.717, 1.165) is 0 Å². The van der Waals surface area contributed by atoms with Crippen LogP contribution in [0, 0.1) is 6.92 Å². The number of aromatic nitrogens is 2. The summed E-state index contributed by atoms with van der Waals surface area (Å²) in [5.74, 6) is -0.241. The first-order valence-corrected chi connectivity index (χ1v) is 5.26. The molecule has 0 saturated carbocycles. The highest BCUT2D eigenvalue weighted by Gasteiger charge is 2.14. The normalized spacial score (nSPS) is 10.2. The Hall–Kier alpha value is -2.23. The number of rotatable bonds is 3. The minimum absolute atomic E-state index is 0.0908. The van der Waals surface area contributed by atoms with E-state index in [-0.39, 0.29) is 11.6 Å². The van der Waals surface area contributed by atoms with Crippen molar-refractivity contribution in [3.8, 4) is 0 Å². The zero-order valence-corrected chi connectivity index (χ0v) is 9.65. The number of nitrogens with zero attached hydrogens (tertiary/aromatic N) is 1. The van der Waals surface area contributed by atoms with Gasteiger partial charge < -0.3 is 4.98 Å². The van der Waals surface area contributed by atoms with Crippen LogP contribution in [0.25, 0.3) is 0 Å². The molecule has 2 aromatic heterocycles. The Labute approximate surface area is 98.7 Å². The van der Waals surface area contributed by atoms with Gasteiger partial charge in [-0.25, -0.2) is 0 Å². The number of Topliss-reactive ketones (excluding diaryl/α,β-unsaturated/α-hetero) is 1. The molecule has 1 N–H and O–H groups in total.